The number of hydrogen-bond donors (Lipinski definition) is 2. The Balaban J connectivity index is 1.32. The maximum Gasteiger partial charge on any atom is 0.435 e. The molecule has 202 valence electrons. The summed E-state index contributed by atoms with van der Waals surface area (Å²) in [5.74, 6) is -1.67. The van der Waals surface area contributed by atoms with Gasteiger partial charge in [-0.3, -0.25) is 9.59 Å². The molecule has 5 rings (SSSR count). The first-order valence-electron chi connectivity index (χ1n) is 11.8. The van der Waals surface area contributed by atoms with Gasteiger partial charge in [0.25, 0.3) is 11.5 Å². The Morgan fingerprint density at radius 1 is 1.13 bits per heavy atom. The molecule has 2 aromatic rings. The highest BCUT2D eigenvalue weighted by atomic mass is 35.5. The topological polar surface area (TPSA) is 83.0 Å². The summed E-state index contributed by atoms with van der Waals surface area (Å²) in [6.45, 7) is 2.04. The van der Waals surface area contributed by atoms with Gasteiger partial charge in [0.05, 0.1) is 23.0 Å². The molecule has 2 heterocycles. The van der Waals surface area contributed by atoms with Crippen LogP contribution in [0.3, 0.4) is 0 Å². The van der Waals surface area contributed by atoms with Crippen molar-refractivity contribution in [3.05, 3.63) is 67.9 Å². The first-order valence-corrected chi connectivity index (χ1v) is 12.6. The van der Waals surface area contributed by atoms with E-state index in [4.69, 9.17) is 28.0 Å². The first kappa shape index (κ1) is 26.6. The Kier molecular flexibility index (Phi) is 6.71. The van der Waals surface area contributed by atoms with Gasteiger partial charge in [0.15, 0.2) is 5.82 Å². The SMILES string of the molecule is Cc1cc2c(cc1C(=O)NCC(=O)NC1CC1)CN(C1=NOC(c3cc(Cl)c(F)c(Cl)c3)(C(F)(F)F)C1)C2. The van der Waals surface area contributed by atoms with E-state index < -0.39 is 45.5 Å². The molecule has 2 aliphatic heterocycles. The maximum absolute atomic E-state index is 14.3. The number of halogens is 6. The zero-order valence-corrected chi connectivity index (χ0v) is 21.5. The van der Waals surface area contributed by atoms with Crippen molar-refractivity contribution in [2.45, 2.75) is 57.1 Å². The lowest BCUT2D eigenvalue weighted by Gasteiger charge is -2.30. The van der Waals surface area contributed by atoms with Crippen molar-refractivity contribution in [3.63, 3.8) is 0 Å². The van der Waals surface area contributed by atoms with E-state index in [0.717, 1.165) is 36.1 Å². The zero-order chi connectivity index (χ0) is 27.4. The third kappa shape index (κ3) is 4.89. The number of nitrogens with zero attached hydrogens (tertiary/aromatic N) is 2. The molecule has 38 heavy (non-hydrogen) atoms. The fraction of sp³-hybridized carbons (Fsp3) is 0.400. The van der Waals surface area contributed by atoms with Crippen molar-refractivity contribution >= 4 is 40.9 Å². The van der Waals surface area contributed by atoms with Crippen molar-refractivity contribution in [1.82, 2.24) is 15.5 Å². The molecule has 3 aliphatic rings. The van der Waals surface area contributed by atoms with Crippen LogP contribution in [-0.4, -0.2) is 41.3 Å². The largest absolute Gasteiger partial charge is 0.435 e. The molecule has 13 heteroatoms. The molecule has 0 radical (unpaired) electrons. The van der Waals surface area contributed by atoms with Gasteiger partial charge in [-0.1, -0.05) is 34.4 Å². The van der Waals surface area contributed by atoms with E-state index in [-0.39, 0.29) is 37.4 Å². The highest BCUT2D eigenvalue weighted by Gasteiger charge is 2.63. The summed E-state index contributed by atoms with van der Waals surface area (Å²) < 4.78 is 56.8. The molecule has 0 spiro atoms. The summed E-state index contributed by atoms with van der Waals surface area (Å²) in [7, 11) is 0. The molecule has 1 unspecified atom stereocenters. The van der Waals surface area contributed by atoms with Gasteiger partial charge in [-0.05, 0) is 54.7 Å². The normalized spacial score (nSPS) is 20.6. The number of carbonyl (C=O) groups is 2. The standard InChI is InChI=1S/C25H22Cl2F4N4O3/c1-12-4-13-10-35(11-14(13)5-17(12)23(37)32-9-21(36)33-16-2-3-16)20-8-24(38-34-20,25(29,30)31)15-6-18(26)22(28)19(27)7-15/h4-7,16H,2-3,8-11H2,1H3,(H,32,37)(H,33,36). The van der Waals surface area contributed by atoms with E-state index in [2.05, 4.69) is 15.8 Å². The molecule has 1 aliphatic carbocycles. The van der Waals surface area contributed by atoms with E-state index in [1.165, 1.54) is 0 Å². The van der Waals surface area contributed by atoms with E-state index in [0.29, 0.717) is 11.1 Å². The molecule has 2 amide bonds. The van der Waals surface area contributed by atoms with E-state index in [9.17, 15) is 27.2 Å². The number of oxime groups is 1. The van der Waals surface area contributed by atoms with Gasteiger partial charge in [0.2, 0.25) is 5.91 Å². The van der Waals surface area contributed by atoms with Gasteiger partial charge in [-0.2, -0.15) is 13.2 Å². The lowest BCUT2D eigenvalue weighted by Crippen LogP contribution is -2.44. The van der Waals surface area contributed by atoms with E-state index >= 15 is 0 Å². The Morgan fingerprint density at radius 3 is 2.37 bits per heavy atom. The number of amidine groups is 1. The molecule has 0 saturated heterocycles. The van der Waals surface area contributed by atoms with Crippen LogP contribution < -0.4 is 10.6 Å². The molecular formula is C25H22Cl2F4N4O3. The summed E-state index contributed by atoms with van der Waals surface area (Å²) in [5.41, 5.74) is -0.753. The maximum atomic E-state index is 14.3. The van der Waals surface area contributed by atoms with Crippen LogP contribution >= 0.6 is 23.2 Å². The Morgan fingerprint density at radius 2 is 1.76 bits per heavy atom. The van der Waals surface area contributed by atoms with Crippen molar-refractivity contribution < 1.29 is 32.0 Å². The average molecular weight is 573 g/mol. The second-order valence-electron chi connectivity index (χ2n) is 9.67. The third-order valence-electron chi connectivity index (χ3n) is 6.85. The van der Waals surface area contributed by atoms with Crippen LogP contribution in [0.2, 0.25) is 10.0 Å². The Labute approximate surface area is 225 Å². The summed E-state index contributed by atoms with van der Waals surface area (Å²) in [4.78, 5) is 31.3. The summed E-state index contributed by atoms with van der Waals surface area (Å²) in [6.07, 6.45) is -3.72. The van der Waals surface area contributed by atoms with Gasteiger partial charge in [0.1, 0.15) is 5.84 Å². The molecular weight excluding hydrogens is 551 g/mol. The molecule has 1 fully saturated rings. The van der Waals surface area contributed by atoms with Crippen LogP contribution in [0.25, 0.3) is 0 Å². The van der Waals surface area contributed by atoms with Crippen LogP contribution in [0.1, 0.15) is 51.9 Å². The minimum absolute atomic E-state index is 0.0375. The van der Waals surface area contributed by atoms with Gasteiger partial charge in [-0.25, -0.2) is 4.39 Å². The Bertz CT molecular complexity index is 1340. The second kappa shape index (κ2) is 9.60. The quantitative estimate of drug-likeness (QED) is 0.392. The van der Waals surface area contributed by atoms with Crippen LogP contribution in [0, 0.1) is 12.7 Å². The fourth-order valence-electron chi connectivity index (χ4n) is 4.61. The van der Waals surface area contributed by atoms with Crippen LogP contribution in [0.5, 0.6) is 0 Å². The van der Waals surface area contributed by atoms with Crippen molar-refractivity contribution in [2.24, 2.45) is 5.16 Å². The molecule has 0 bridgehead atoms. The molecule has 2 aromatic carbocycles. The highest BCUT2D eigenvalue weighted by molar-refractivity contribution is 6.35. The number of fused-ring (bicyclic) bond motifs is 1. The molecule has 0 aromatic heterocycles. The minimum Gasteiger partial charge on any atom is -0.372 e. The molecule has 1 saturated carbocycles. The summed E-state index contributed by atoms with van der Waals surface area (Å²) in [6, 6.07) is 5.33. The van der Waals surface area contributed by atoms with Gasteiger partial charge >= 0.3 is 6.18 Å². The van der Waals surface area contributed by atoms with Crippen molar-refractivity contribution in [3.8, 4) is 0 Å². The smallest absolute Gasteiger partial charge is 0.372 e. The molecule has 1 atom stereocenters. The van der Waals surface area contributed by atoms with Gasteiger partial charge in [0, 0.05) is 30.3 Å². The van der Waals surface area contributed by atoms with E-state index in [1.807, 2.05) is 0 Å². The summed E-state index contributed by atoms with van der Waals surface area (Å²) in [5, 5.41) is 8.03. The summed E-state index contributed by atoms with van der Waals surface area (Å²) >= 11 is 11.5. The second-order valence-corrected chi connectivity index (χ2v) is 10.5. The van der Waals surface area contributed by atoms with Crippen LogP contribution in [-0.2, 0) is 28.3 Å². The predicted octanol–water partition coefficient (Wildman–Crippen LogP) is 4.96. The number of nitrogens with one attached hydrogen (secondary N) is 2. The lowest BCUT2D eigenvalue weighted by molar-refractivity contribution is -0.275. The number of alkyl halides is 3. The highest BCUT2D eigenvalue weighted by Crippen LogP contribution is 2.50. The lowest BCUT2D eigenvalue weighted by atomic mass is 9.89. The number of amides is 2. The van der Waals surface area contributed by atoms with Gasteiger partial charge in [-0.15, -0.1) is 0 Å². The zero-order valence-electron chi connectivity index (χ0n) is 20.0. The third-order valence-corrected chi connectivity index (χ3v) is 7.40. The Hall–Kier alpha value is -3.05. The van der Waals surface area contributed by atoms with Crippen LogP contribution in [0.4, 0.5) is 17.6 Å². The van der Waals surface area contributed by atoms with Gasteiger partial charge < -0.3 is 20.4 Å². The van der Waals surface area contributed by atoms with Crippen molar-refractivity contribution in [1.29, 1.82) is 0 Å². The minimum atomic E-state index is -4.91. The number of carbonyl (C=O) groups excluding carboxylic acids is 2. The average Bonchev–Trinajstić information content (AvgIpc) is 3.37. The van der Waals surface area contributed by atoms with E-state index in [1.54, 1.807) is 24.0 Å². The number of hydrogen-bond acceptors (Lipinski definition) is 5. The molecule has 7 nitrogen and oxygen atoms in total. The number of benzene rings is 2. The monoisotopic (exact) mass is 572 g/mol. The number of aryl methyl sites for hydroxylation is 1. The molecule has 2 N–H and O–H groups in total. The predicted molar refractivity (Wildman–Crippen MR) is 131 cm³/mol. The van der Waals surface area contributed by atoms with Crippen LogP contribution in [0.15, 0.2) is 29.4 Å². The number of rotatable bonds is 5. The fourth-order valence-corrected chi connectivity index (χ4v) is 5.10. The first-order chi connectivity index (χ1) is 17.9. The van der Waals surface area contributed by atoms with Crippen molar-refractivity contribution in [2.75, 3.05) is 6.54 Å².